The predicted molar refractivity (Wildman–Crippen MR) is 100 cm³/mol. The molecule has 2 aromatic carbocycles. The summed E-state index contributed by atoms with van der Waals surface area (Å²) in [5, 5.41) is 2.73. The summed E-state index contributed by atoms with van der Waals surface area (Å²) >= 11 is 0. The monoisotopic (exact) mass is 367 g/mol. The highest BCUT2D eigenvalue weighted by molar-refractivity contribution is 5.92. The second-order valence-corrected chi connectivity index (χ2v) is 5.90. The maximum Gasteiger partial charge on any atom is 0.254 e. The first-order chi connectivity index (χ1) is 13.0. The minimum absolute atomic E-state index is 0.239. The van der Waals surface area contributed by atoms with Crippen molar-refractivity contribution in [1.82, 2.24) is 9.55 Å². The van der Waals surface area contributed by atoms with E-state index in [-0.39, 0.29) is 12.1 Å². The molecule has 0 spiro atoms. The molecule has 6 nitrogen and oxygen atoms in total. The first-order valence-electron chi connectivity index (χ1n) is 8.25. The number of hydrogen-bond acceptors (Lipinski definition) is 4. The lowest BCUT2D eigenvalue weighted by molar-refractivity contribution is -0.116. The van der Waals surface area contributed by atoms with E-state index in [1.165, 1.54) is 42.0 Å². The molecule has 0 fully saturated rings. The first kappa shape index (κ1) is 18.3. The number of aromatic nitrogens is 2. The number of halogens is 1. The van der Waals surface area contributed by atoms with Crippen LogP contribution in [-0.2, 0) is 11.3 Å². The highest BCUT2D eigenvalue weighted by atomic mass is 19.1. The Bertz CT molecular complexity index is 1030. The minimum Gasteiger partial charge on any atom is -0.495 e. The number of anilines is 1. The summed E-state index contributed by atoms with van der Waals surface area (Å²) in [6, 6.07) is 13.9. The molecule has 0 bridgehead atoms. The van der Waals surface area contributed by atoms with Gasteiger partial charge in [0.15, 0.2) is 0 Å². The average molecular weight is 367 g/mol. The molecule has 1 N–H and O–H groups in total. The first-order valence-corrected chi connectivity index (χ1v) is 8.25. The summed E-state index contributed by atoms with van der Waals surface area (Å²) in [6.45, 7) is 1.45. The van der Waals surface area contributed by atoms with Crippen molar-refractivity contribution < 1.29 is 13.9 Å². The summed E-state index contributed by atoms with van der Waals surface area (Å²) < 4.78 is 19.7. The topological polar surface area (TPSA) is 73.2 Å². The van der Waals surface area contributed by atoms with Gasteiger partial charge in [0.2, 0.25) is 5.91 Å². The fraction of sp³-hybridized carbons (Fsp3) is 0.150. The van der Waals surface area contributed by atoms with Gasteiger partial charge in [-0.05, 0) is 43.3 Å². The van der Waals surface area contributed by atoms with Crippen molar-refractivity contribution in [3.63, 3.8) is 0 Å². The minimum atomic E-state index is -0.407. The molecule has 7 heteroatoms. The Balaban J connectivity index is 1.93. The highest BCUT2D eigenvalue weighted by Crippen LogP contribution is 2.23. The number of hydrogen-bond donors (Lipinski definition) is 1. The van der Waals surface area contributed by atoms with Gasteiger partial charge in [-0.25, -0.2) is 9.37 Å². The van der Waals surface area contributed by atoms with Crippen molar-refractivity contribution in [2.75, 3.05) is 12.4 Å². The van der Waals surface area contributed by atoms with E-state index in [2.05, 4.69) is 10.3 Å². The fourth-order valence-corrected chi connectivity index (χ4v) is 2.67. The van der Waals surface area contributed by atoms with E-state index in [9.17, 15) is 14.0 Å². The van der Waals surface area contributed by atoms with E-state index in [1.807, 2.05) is 0 Å². The standard InChI is InChI=1S/C20H18FN3O3/c1-13-11-19(26)24(20(22-13)14-7-9-15(21)10-8-14)12-18(25)23-16-5-3-4-6-17(16)27-2/h3-11H,12H2,1-2H3,(H,23,25). The molecule has 3 rings (SSSR count). The number of nitrogens with one attached hydrogen (secondary N) is 1. The Morgan fingerprint density at radius 2 is 1.89 bits per heavy atom. The average Bonchev–Trinajstić information content (AvgIpc) is 2.65. The zero-order valence-electron chi connectivity index (χ0n) is 14.9. The van der Waals surface area contributed by atoms with Crippen molar-refractivity contribution in [2.24, 2.45) is 0 Å². The van der Waals surface area contributed by atoms with Gasteiger partial charge in [-0.15, -0.1) is 0 Å². The molecule has 27 heavy (non-hydrogen) atoms. The van der Waals surface area contributed by atoms with Crippen molar-refractivity contribution in [3.05, 3.63) is 76.5 Å². The normalized spacial score (nSPS) is 10.5. The molecule has 0 atom stereocenters. The summed E-state index contributed by atoms with van der Waals surface area (Å²) in [7, 11) is 1.51. The van der Waals surface area contributed by atoms with Gasteiger partial charge in [-0.2, -0.15) is 0 Å². The molecule has 1 aromatic heterocycles. The lowest BCUT2D eigenvalue weighted by Gasteiger charge is -2.14. The summed E-state index contributed by atoms with van der Waals surface area (Å²) in [5.41, 5.74) is 1.20. The Kier molecular flexibility index (Phi) is 5.30. The Labute approximate surface area is 155 Å². The summed E-state index contributed by atoms with van der Waals surface area (Å²) in [5.74, 6) is 0.0130. The van der Waals surface area contributed by atoms with Gasteiger partial charge in [0, 0.05) is 17.3 Å². The van der Waals surface area contributed by atoms with Crippen LogP contribution in [0.25, 0.3) is 11.4 Å². The third kappa shape index (κ3) is 4.20. The van der Waals surface area contributed by atoms with Crippen molar-refractivity contribution in [2.45, 2.75) is 13.5 Å². The number of ether oxygens (including phenoxy) is 1. The molecule has 0 aliphatic heterocycles. The fourth-order valence-electron chi connectivity index (χ4n) is 2.67. The molecule has 0 saturated carbocycles. The van der Waals surface area contributed by atoms with E-state index in [4.69, 9.17) is 4.74 Å². The van der Waals surface area contributed by atoms with Crippen LogP contribution in [0.4, 0.5) is 10.1 Å². The third-order valence-electron chi connectivity index (χ3n) is 3.92. The van der Waals surface area contributed by atoms with Gasteiger partial charge in [0.25, 0.3) is 5.56 Å². The van der Waals surface area contributed by atoms with Crippen LogP contribution in [0.1, 0.15) is 5.69 Å². The second-order valence-electron chi connectivity index (χ2n) is 5.90. The van der Waals surface area contributed by atoms with Crippen LogP contribution in [0.2, 0.25) is 0 Å². The number of carbonyl (C=O) groups excluding carboxylic acids is 1. The molecule has 0 unspecified atom stereocenters. The molecule has 0 radical (unpaired) electrons. The lowest BCUT2D eigenvalue weighted by Crippen LogP contribution is -2.29. The van der Waals surface area contributed by atoms with Gasteiger partial charge >= 0.3 is 0 Å². The van der Waals surface area contributed by atoms with Gasteiger partial charge in [0.1, 0.15) is 23.9 Å². The molecule has 3 aromatic rings. The van der Waals surface area contributed by atoms with Crippen molar-refractivity contribution in [1.29, 1.82) is 0 Å². The smallest absolute Gasteiger partial charge is 0.254 e. The molecule has 0 aliphatic carbocycles. The number of para-hydroxylation sites is 2. The van der Waals surface area contributed by atoms with Gasteiger partial charge in [-0.3, -0.25) is 14.2 Å². The molecular formula is C20H18FN3O3. The number of methoxy groups -OCH3 is 1. The lowest BCUT2D eigenvalue weighted by atomic mass is 10.2. The third-order valence-corrected chi connectivity index (χ3v) is 3.92. The van der Waals surface area contributed by atoms with Crippen molar-refractivity contribution >= 4 is 11.6 Å². The Morgan fingerprint density at radius 1 is 1.19 bits per heavy atom. The molecular weight excluding hydrogens is 349 g/mol. The summed E-state index contributed by atoms with van der Waals surface area (Å²) in [4.78, 5) is 29.3. The van der Waals surface area contributed by atoms with Gasteiger partial charge < -0.3 is 10.1 Å². The molecule has 1 amide bonds. The molecule has 138 valence electrons. The number of nitrogens with zero attached hydrogens (tertiary/aromatic N) is 2. The zero-order valence-corrected chi connectivity index (χ0v) is 14.9. The number of rotatable bonds is 5. The molecule has 0 aliphatic rings. The van der Waals surface area contributed by atoms with Crippen LogP contribution in [0.3, 0.4) is 0 Å². The number of carbonyl (C=O) groups is 1. The zero-order chi connectivity index (χ0) is 19.4. The second kappa shape index (κ2) is 7.82. The van der Waals surface area contributed by atoms with E-state index in [0.29, 0.717) is 28.5 Å². The van der Waals surface area contributed by atoms with Crippen molar-refractivity contribution in [3.8, 4) is 17.1 Å². The van der Waals surface area contributed by atoms with Gasteiger partial charge in [0.05, 0.1) is 12.8 Å². The van der Waals surface area contributed by atoms with Crippen LogP contribution in [0.5, 0.6) is 5.75 Å². The summed E-state index contributed by atoms with van der Waals surface area (Å²) in [6.07, 6.45) is 0. The number of amides is 1. The maximum atomic E-state index is 13.2. The highest BCUT2D eigenvalue weighted by Gasteiger charge is 2.14. The van der Waals surface area contributed by atoms with E-state index in [1.54, 1.807) is 31.2 Å². The van der Waals surface area contributed by atoms with E-state index >= 15 is 0 Å². The van der Waals surface area contributed by atoms with Crippen LogP contribution < -0.4 is 15.6 Å². The van der Waals surface area contributed by atoms with Gasteiger partial charge in [-0.1, -0.05) is 12.1 Å². The van der Waals surface area contributed by atoms with E-state index in [0.717, 1.165) is 0 Å². The number of benzene rings is 2. The molecule has 1 heterocycles. The van der Waals surface area contributed by atoms with Crippen LogP contribution in [0.15, 0.2) is 59.4 Å². The SMILES string of the molecule is COc1ccccc1NC(=O)Cn1c(-c2ccc(F)cc2)nc(C)cc1=O. The number of aryl methyl sites for hydroxylation is 1. The quantitative estimate of drug-likeness (QED) is 0.752. The van der Waals surface area contributed by atoms with Crippen LogP contribution in [0, 0.1) is 12.7 Å². The van der Waals surface area contributed by atoms with Crippen LogP contribution in [-0.4, -0.2) is 22.6 Å². The molecule has 0 saturated heterocycles. The maximum absolute atomic E-state index is 13.2. The largest absolute Gasteiger partial charge is 0.495 e. The van der Waals surface area contributed by atoms with E-state index < -0.39 is 11.7 Å². The Morgan fingerprint density at radius 3 is 2.59 bits per heavy atom. The van der Waals surface area contributed by atoms with Crippen LogP contribution >= 0.6 is 0 Å². The Hall–Kier alpha value is -3.48. The predicted octanol–water partition coefficient (Wildman–Crippen LogP) is 3.01.